The van der Waals surface area contributed by atoms with E-state index in [0.29, 0.717) is 0 Å². The number of furan rings is 1. The average Bonchev–Trinajstić information content (AvgIpc) is 2.53. The molecule has 14 heavy (non-hydrogen) atoms. The molecular formula is C11H11NO2. The largest absolute Gasteiger partial charge is 0.481 e. The molecule has 2 rings (SSSR count). The molecular weight excluding hydrogens is 178 g/mol. The van der Waals surface area contributed by atoms with Gasteiger partial charge in [0.05, 0.1) is 12.7 Å². The Kier molecular flexibility index (Phi) is 2.00. The van der Waals surface area contributed by atoms with Crippen molar-refractivity contribution in [3.05, 3.63) is 35.6 Å². The first-order valence-electron chi connectivity index (χ1n) is 4.35. The summed E-state index contributed by atoms with van der Waals surface area (Å²) in [5, 5.41) is 8.56. The molecule has 1 N–H and O–H groups in total. The Hall–Kier alpha value is -1.77. The van der Waals surface area contributed by atoms with Gasteiger partial charge in [0, 0.05) is 5.39 Å². The van der Waals surface area contributed by atoms with E-state index in [0.717, 1.165) is 22.3 Å². The van der Waals surface area contributed by atoms with Crippen molar-refractivity contribution in [3.8, 4) is 0 Å². The molecule has 0 bridgehead atoms. The van der Waals surface area contributed by atoms with Gasteiger partial charge in [0.2, 0.25) is 5.90 Å². The summed E-state index contributed by atoms with van der Waals surface area (Å²) in [6.45, 7) is 1.84. The Morgan fingerprint density at radius 2 is 2.07 bits per heavy atom. The minimum Gasteiger partial charge on any atom is -0.481 e. The van der Waals surface area contributed by atoms with Gasteiger partial charge in [-0.1, -0.05) is 18.2 Å². The van der Waals surface area contributed by atoms with Gasteiger partial charge in [-0.15, -0.1) is 0 Å². The number of fused-ring (bicyclic) bond motifs is 1. The molecule has 0 aliphatic carbocycles. The van der Waals surface area contributed by atoms with Crippen LogP contribution >= 0.6 is 0 Å². The van der Waals surface area contributed by atoms with Gasteiger partial charge in [-0.05, 0) is 13.0 Å². The Morgan fingerprint density at radius 1 is 1.36 bits per heavy atom. The van der Waals surface area contributed by atoms with E-state index < -0.39 is 0 Å². The highest BCUT2D eigenvalue weighted by Crippen LogP contribution is 2.25. The van der Waals surface area contributed by atoms with Crippen molar-refractivity contribution in [2.45, 2.75) is 6.92 Å². The van der Waals surface area contributed by atoms with Crippen LogP contribution in [0.1, 0.15) is 11.3 Å². The second-order valence-electron chi connectivity index (χ2n) is 3.06. The predicted molar refractivity (Wildman–Crippen MR) is 54.8 cm³/mol. The summed E-state index contributed by atoms with van der Waals surface area (Å²) in [4.78, 5) is 0. The van der Waals surface area contributed by atoms with Crippen LogP contribution in [0.4, 0.5) is 0 Å². The van der Waals surface area contributed by atoms with Gasteiger partial charge in [-0.2, -0.15) is 0 Å². The van der Waals surface area contributed by atoms with Crippen LogP contribution in [-0.4, -0.2) is 13.0 Å². The van der Waals surface area contributed by atoms with Gasteiger partial charge in [0.1, 0.15) is 11.3 Å². The number of ether oxygens (including phenoxy) is 1. The Bertz CT molecular complexity index is 485. The van der Waals surface area contributed by atoms with Gasteiger partial charge in [-0.25, -0.2) is 0 Å². The lowest BCUT2D eigenvalue weighted by Crippen LogP contribution is -2.01. The van der Waals surface area contributed by atoms with Crippen molar-refractivity contribution in [2.24, 2.45) is 0 Å². The summed E-state index contributed by atoms with van der Waals surface area (Å²) in [6, 6.07) is 7.64. The topological polar surface area (TPSA) is 46.2 Å². The summed E-state index contributed by atoms with van der Waals surface area (Å²) in [5.41, 5.74) is 1.53. The fourth-order valence-corrected chi connectivity index (χ4v) is 1.55. The van der Waals surface area contributed by atoms with Crippen LogP contribution in [0.25, 0.3) is 11.0 Å². The van der Waals surface area contributed by atoms with E-state index in [1.165, 1.54) is 7.11 Å². The second kappa shape index (κ2) is 3.18. The van der Waals surface area contributed by atoms with Gasteiger partial charge in [-0.3, -0.25) is 5.41 Å². The van der Waals surface area contributed by atoms with Crippen LogP contribution in [0, 0.1) is 12.3 Å². The maximum absolute atomic E-state index is 7.64. The molecule has 3 heteroatoms. The molecule has 0 radical (unpaired) electrons. The van der Waals surface area contributed by atoms with E-state index >= 15 is 0 Å². The van der Waals surface area contributed by atoms with Crippen LogP contribution < -0.4 is 0 Å². The van der Waals surface area contributed by atoms with Crippen molar-refractivity contribution in [1.82, 2.24) is 0 Å². The molecule has 0 fully saturated rings. The normalized spacial score (nSPS) is 10.4. The molecule has 0 spiro atoms. The first-order valence-corrected chi connectivity index (χ1v) is 4.35. The lowest BCUT2D eigenvalue weighted by atomic mass is 10.1. The Morgan fingerprint density at radius 3 is 2.79 bits per heavy atom. The third-order valence-electron chi connectivity index (χ3n) is 2.20. The van der Waals surface area contributed by atoms with Crippen LogP contribution in [0.15, 0.2) is 28.7 Å². The molecule has 0 unspecified atom stereocenters. The lowest BCUT2D eigenvalue weighted by molar-refractivity contribution is 0.400. The van der Waals surface area contributed by atoms with E-state index in [1.54, 1.807) is 0 Å². The molecule has 1 heterocycles. The first-order chi connectivity index (χ1) is 6.74. The predicted octanol–water partition coefficient (Wildman–Crippen LogP) is 2.71. The number of nitrogens with one attached hydrogen (secondary N) is 1. The average molecular weight is 189 g/mol. The van der Waals surface area contributed by atoms with Crippen molar-refractivity contribution in [3.63, 3.8) is 0 Å². The van der Waals surface area contributed by atoms with Gasteiger partial charge < -0.3 is 9.15 Å². The highest BCUT2D eigenvalue weighted by Gasteiger charge is 2.14. The molecule has 1 aromatic heterocycles. The van der Waals surface area contributed by atoms with Crippen molar-refractivity contribution >= 4 is 16.9 Å². The van der Waals surface area contributed by atoms with Crippen molar-refractivity contribution in [2.75, 3.05) is 7.11 Å². The molecule has 2 aromatic rings. The van der Waals surface area contributed by atoms with Crippen LogP contribution in [0.3, 0.4) is 0 Å². The van der Waals surface area contributed by atoms with E-state index in [2.05, 4.69) is 0 Å². The van der Waals surface area contributed by atoms with E-state index in [-0.39, 0.29) is 5.90 Å². The zero-order chi connectivity index (χ0) is 10.1. The molecule has 0 aliphatic heterocycles. The molecule has 1 aromatic carbocycles. The van der Waals surface area contributed by atoms with Gasteiger partial charge in [0.25, 0.3) is 0 Å². The Balaban J connectivity index is 2.74. The van der Waals surface area contributed by atoms with E-state index in [9.17, 15) is 0 Å². The highest BCUT2D eigenvalue weighted by molar-refractivity contribution is 6.05. The third kappa shape index (κ3) is 1.18. The standard InChI is InChI=1S/C11H11NO2/c1-7-10(11(12)13-2)8-5-3-4-6-9(8)14-7/h3-6,12H,1-2H3. The SMILES string of the molecule is COC(=N)c1c(C)oc2ccccc12. The molecule has 3 nitrogen and oxygen atoms in total. The number of aryl methyl sites for hydroxylation is 1. The maximum atomic E-state index is 7.64. The number of benzene rings is 1. The first kappa shape index (κ1) is 8.81. The summed E-state index contributed by atoms with van der Waals surface area (Å²) in [6.07, 6.45) is 0. The van der Waals surface area contributed by atoms with Gasteiger partial charge in [0.15, 0.2) is 0 Å². The highest BCUT2D eigenvalue weighted by atomic mass is 16.5. The minimum absolute atomic E-state index is 0.146. The molecule has 72 valence electrons. The smallest absolute Gasteiger partial charge is 0.217 e. The van der Waals surface area contributed by atoms with Crippen molar-refractivity contribution in [1.29, 1.82) is 5.41 Å². The monoisotopic (exact) mass is 189 g/mol. The lowest BCUT2D eigenvalue weighted by Gasteiger charge is -1.99. The van der Waals surface area contributed by atoms with Gasteiger partial charge >= 0.3 is 0 Å². The van der Waals surface area contributed by atoms with Crippen molar-refractivity contribution < 1.29 is 9.15 Å². The second-order valence-corrected chi connectivity index (χ2v) is 3.06. The number of methoxy groups -OCH3 is 1. The molecule has 0 atom stereocenters. The van der Waals surface area contributed by atoms with E-state index in [4.69, 9.17) is 14.6 Å². The fourth-order valence-electron chi connectivity index (χ4n) is 1.55. The molecule has 0 aliphatic rings. The summed E-state index contributed by atoms with van der Waals surface area (Å²) < 4.78 is 10.4. The minimum atomic E-state index is 0.146. The third-order valence-corrected chi connectivity index (χ3v) is 2.20. The molecule has 0 saturated heterocycles. The molecule has 0 amide bonds. The van der Waals surface area contributed by atoms with E-state index in [1.807, 2.05) is 31.2 Å². The number of hydrogen-bond donors (Lipinski definition) is 1. The summed E-state index contributed by atoms with van der Waals surface area (Å²) in [5.74, 6) is 0.866. The Labute approximate surface area is 81.8 Å². The van der Waals surface area contributed by atoms with Crippen LogP contribution in [0.2, 0.25) is 0 Å². The maximum Gasteiger partial charge on any atom is 0.217 e. The van der Waals surface area contributed by atoms with Crippen LogP contribution in [0.5, 0.6) is 0 Å². The zero-order valence-electron chi connectivity index (χ0n) is 8.13. The van der Waals surface area contributed by atoms with Crippen LogP contribution in [-0.2, 0) is 4.74 Å². The number of hydrogen-bond acceptors (Lipinski definition) is 3. The summed E-state index contributed by atoms with van der Waals surface area (Å²) in [7, 11) is 1.49. The number of rotatable bonds is 1. The fraction of sp³-hybridized carbons (Fsp3) is 0.182. The number of para-hydroxylation sites is 1. The summed E-state index contributed by atoms with van der Waals surface area (Å²) >= 11 is 0. The molecule has 0 saturated carbocycles. The quantitative estimate of drug-likeness (QED) is 0.553. The zero-order valence-corrected chi connectivity index (χ0v) is 8.13.